The summed E-state index contributed by atoms with van der Waals surface area (Å²) in [6.07, 6.45) is 3.29. The fourth-order valence-corrected chi connectivity index (χ4v) is 2.94. The van der Waals surface area contributed by atoms with Gasteiger partial charge in [-0.05, 0) is 31.2 Å². The third-order valence-electron chi connectivity index (χ3n) is 4.17. The number of hydrogen-bond acceptors (Lipinski definition) is 5. The molecule has 0 aliphatic heterocycles. The van der Waals surface area contributed by atoms with E-state index in [1.807, 2.05) is 6.92 Å². The molecule has 1 aromatic carbocycles. The van der Waals surface area contributed by atoms with Gasteiger partial charge in [-0.25, -0.2) is 4.79 Å². The van der Waals surface area contributed by atoms with Gasteiger partial charge in [0.1, 0.15) is 22.0 Å². The van der Waals surface area contributed by atoms with E-state index in [0.29, 0.717) is 28.6 Å². The number of carbonyl (C=O) groups is 2. The summed E-state index contributed by atoms with van der Waals surface area (Å²) in [6.45, 7) is 2.46. The molecule has 3 rings (SSSR count). The number of hydrogen-bond donors (Lipinski definition) is 3. The van der Waals surface area contributed by atoms with E-state index in [9.17, 15) is 19.8 Å². The van der Waals surface area contributed by atoms with Crippen LogP contribution in [0.4, 0.5) is 5.69 Å². The molecule has 2 heterocycles. The Labute approximate surface area is 215 Å². The first-order chi connectivity index (χ1) is 13.4. The third-order valence-corrected chi connectivity index (χ3v) is 4.56. The van der Waals surface area contributed by atoms with E-state index >= 15 is 0 Å². The van der Waals surface area contributed by atoms with E-state index in [1.54, 1.807) is 22.9 Å². The van der Waals surface area contributed by atoms with Crippen molar-refractivity contribution < 1.29 is 77.1 Å². The van der Waals surface area contributed by atoms with Gasteiger partial charge >= 0.3 is 57.4 Å². The Morgan fingerprint density at radius 1 is 1.28 bits per heavy atom. The number of carboxylic acids is 1. The van der Waals surface area contributed by atoms with Gasteiger partial charge < -0.3 is 26.0 Å². The number of phenols is 1. The Morgan fingerprint density at radius 2 is 1.97 bits per heavy atom. The van der Waals surface area contributed by atoms with Crippen LogP contribution in [0.15, 0.2) is 41.2 Å². The van der Waals surface area contributed by atoms with Crippen LogP contribution in [-0.4, -0.2) is 31.8 Å². The van der Waals surface area contributed by atoms with Crippen molar-refractivity contribution in [3.63, 3.8) is 0 Å². The van der Waals surface area contributed by atoms with Gasteiger partial charge in [-0.1, -0.05) is 16.8 Å². The average molecular weight is 444 g/mol. The van der Waals surface area contributed by atoms with Crippen molar-refractivity contribution in [2.45, 2.75) is 26.3 Å². The Kier molecular flexibility index (Phi) is 8.50. The number of aromatic carboxylic acids is 1. The van der Waals surface area contributed by atoms with Crippen molar-refractivity contribution in [2.75, 3.05) is 5.32 Å². The molecule has 0 saturated heterocycles. The maximum absolute atomic E-state index is 12.2. The maximum Gasteiger partial charge on any atom is 1.00 e. The van der Waals surface area contributed by atoms with E-state index in [2.05, 4.69) is 10.5 Å². The van der Waals surface area contributed by atoms with Gasteiger partial charge in [-0.15, -0.1) is 0 Å². The summed E-state index contributed by atoms with van der Waals surface area (Å²) in [5, 5.41) is 25.4. The second-order valence-corrected chi connectivity index (χ2v) is 6.46. The number of phenolic OH excluding ortho intramolecular Hbond substituents is 1. The van der Waals surface area contributed by atoms with E-state index in [0.717, 1.165) is 0 Å². The normalized spacial score (nSPS) is 10.4. The molecule has 0 aliphatic carbocycles. The smallest absolute Gasteiger partial charge is 1.00 e. The van der Waals surface area contributed by atoms with Gasteiger partial charge in [-0.3, -0.25) is 4.79 Å². The van der Waals surface area contributed by atoms with Crippen molar-refractivity contribution in [1.29, 1.82) is 0 Å². The molecule has 0 atom stereocenters. The topological polar surface area (TPSA) is 118 Å². The van der Waals surface area contributed by atoms with Crippen LogP contribution in [-0.2, 0) is 17.8 Å². The molecule has 0 spiro atoms. The predicted octanol–water partition coefficient (Wildman–Crippen LogP) is 0.908. The second kappa shape index (κ2) is 10.4. The summed E-state index contributed by atoms with van der Waals surface area (Å²) in [7, 11) is 0. The quantitative estimate of drug-likeness (QED) is 0.467. The molecule has 0 unspecified atom stereocenters. The Morgan fingerprint density at radius 3 is 2.59 bits per heavy atom. The van der Waals surface area contributed by atoms with Crippen LogP contribution in [0.1, 0.15) is 30.9 Å². The monoisotopic (exact) mass is 443 g/mol. The molecule has 0 bridgehead atoms. The number of nitrogens with zero attached hydrogens (tertiary/aromatic N) is 2. The SMILES string of the molecule is CCn1cc(NC(=O)CCc2onc(-c3ccc(O)cc3)c2Cl)c(C(=O)O)c1.[H-].[K+]. The van der Waals surface area contributed by atoms with Gasteiger partial charge in [0, 0.05) is 37.3 Å². The van der Waals surface area contributed by atoms with Crippen molar-refractivity contribution in [2.24, 2.45) is 0 Å². The molecule has 148 valence electrons. The minimum absolute atomic E-state index is 0. The van der Waals surface area contributed by atoms with Gasteiger partial charge in [-0.2, -0.15) is 0 Å². The molecule has 2 aromatic heterocycles. The zero-order valence-corrected chi connectivity index (χ0v) is 19.9. The Hall–Kier alpha value is -1.62. The van der Waals surface area contributed by atoms with Crippen LogP contribution in [0.5, 0.6) is 5.75 Å². The summed E-state index contributed by atoms with van der Waals surface area (Å²) in [5.74, 6) is -1.00. The van der Waals surface area contributed by atoms with Crippen LogP contribution < -0.4 is 56.7 Å². The predicted molar refractivity (Wildman–Crippen MR) is 104 cm³/mol. The van der Waals surface area contributed by atoms with Gasteiger partial charge in [0.15, 0.2) is 5.76 Å². The number of carboxylic acid groups (broad SMARTS) is 1. The Balaban J connectivity index is 0.00000225. The van der Waals surface area contributed by atoms with Gasteiger partial charge in [0.25, 0.3) is 0 Å². The summed E-state index contributed by atoms with van der Waals surface area (Å²) >= 11 is 6.30. The number of amides is 1. The standard InChI is InChI=1S/C19H18ClN3O5.K.H/c1-2-23-9-13(19(26)27)14(10-23)21-16(25)8-7-15-17(20)18(22-28-15)11-3-5-12(24)6-4-11;;/h3-6,9-10,24H,2,7-8H2,1H3,(H,21,25)(H,26,27);;/q;+1;-1. The first-order valence-electron chi connectivity index (χ1n) is 8.55. The van der Waals surface area contributed by atoms with Crippen LogP contribution in [0, 0.1) is 0 Å². The van der Waals surface area contributed by atoms with E-state index in [1.165, 1.54) is 18.3 Å². The third kappa shape index (κ3) is 5.71. The molecule has 3 aromatic rings. The van der Waals surface area contributed by atoms with Crippen LogP contribution in [0.3, 0.4) is 0 Å². The summed E-state index contributed by atoms with van der Waals surface area (Å²) in [5.41, 5.74) is 1.37. The minimum Gasteiger partial charge on any atom is -1.00 e. The number of aryl methyl sites for hydroxylation is 2. The molecule has 0 aliphatic rings. The first kappa shape index (κ1) is 23.7. The number of halogens is 1. The van der Waals surface area contributed by atoms with Crippen molar-refractivity contribution in [1.82, 2.24) is 9.72 Å². The molecular weight excluding hydrogens is 425 g/mol. The van der Waals surface area contributed by atoms with E-state index < -0.39 is 5.97 Å². The number of anilines is 1. The Bertz CT molecular complexity index is 1020. The number of carbonyl (C=O) groups excluding carboxylic acids is 1. The first-order valence-corrected chi connectivity index (χ1v) is 8.93. The largest absolute Gasteiger partial charge is 1.00 e. The second-order valence-electron chi connectivity index (χ2n) is 6.08. The fourth-order valence-electron chi connectivity index (χ4n) is 2.67. The van der Waals surface area contributed by atoms with Crippen LogP contribution in [0.25, 0.3) is 11.3 Å². The molecule has 0 radical (unpaired) electrons. The summed E-state index contributed by atoms with van der Waals surface area (Å²) < 4.78 is 6.92. The molecule has 3 N–H and O–H groups in total. The van der Waals surface area contributed by atoms with Crippen molar-refractivity contribution in [3.8, 4) is 17.0 Å². The van der Waals surface area contributed by atoms with Crippen LogP contribution in [0.2, 0.25) is 5.02 Å². The molecule has 1 amide bonds. The van der Waals surface area contributed by atoms with E-state index in [-0.39, 0.29) is 88.6 Å². The minimum atomic E-state index is -1.11. The molecular formula is C19H19ClKN3O5. The van der Waals surface area contributed by atoms with Crippen molar-refractivity contribution in [3.05, 3.63) is 53.0 Å². The number of aromatic hydroxyl groups is 1. The molecule has 8 nitrogen and oxygen atoms in total. The molecule has 10 heteroatoms. The maximum atomic E-state index is 12.2. The summed E-state index contributed by atoms with van der Waals surface area (Å²) in [6, 6.07) is 6.33. The number of nitrogens with one attached hydrogen (secondary N) is 1. The fraction of sp³-hybridized carbons (Fsp3) is 0.211. The number of rotatable bonds is 7. The zero-order chi connectivity index (χ0) is 20.3. The number of benzene rings is 1. The molecule has 29 heavy (non-hydrogen) atoms. The summed E-state index contributed by atoms with van der Waals surface area (Å²) in [4.78, 5) is 23.5. The van der Waals surface area contributed by atoms with Gasteiger partial charge in [0.2, 0.25) is 5.91 Å². The average Bonchev–Trinajstić information content (AvgIpc) is 3.24. The van der Waals surface area contributed by atoms with Gasteiger partial charge in [0.05, 0.1) is 5.69 Å². The number of aromatic nitrogens is 2. The van der Waals surface area contributed by atoms with Crippen molar-refractivity contribution >= 4 is 29.2 Å². The molecule has 0 fully saturated rings. The van der Waals surface area contributed by atoms with Crippen LogP contribution >= 0.6 is 11.6 Å². The molecule has 0 saturated carbocycles. The van der Waals surface area contributed by atoms with E-state index in [4.69, 9.17) is 16.1 Å². The zero-order valence-electron chi connectivity index (χ0n) is 17.0.